The van der Waals surface area contributed by atoms with E-state index in [-0.39, 0.29) is 6.17 Å². The number of fused-ring (bicyclic) bond motifs is 6. The maximum Gasteiger partial charge on any atom is 0.169 e. The second-order valence-electron chi connectivity index (χ2n) is 14.6. The first kappa shape index (κ1) is 32.2. The Bertz CT molecular complexity index is 2950. The van der Waals surface area contributed by atoms with Crippen LogP contribution in [0.5, 0.6) is 0 Å². The van der Waals surface area contributed by atoms with Crippen molar-refractivity contribution in [2.75, 3.05) is 0 Å². The van der Waals surface area contributed by atoms with Crippen LogP contribution in [0.25, 0.3) is 38.6 Å². The number of aromatic nitrogens is 1. The van der Waals surface area contributed by atoms with Gasteiger partial charge in [-0.25, -0.2) is 9.98 Å². The molecule has 1 N–H and O–H groups in total. The van der Waals surface area contributed by atoms with Gasteiger partial charge in [-0.1, -0.05) is 182 Å². The normalized spacial score (nSPS) is 15.5. The van der Waals surface area contributed by atoms with Crippen LogP contribution >= 0.6 is 0 Å². The lowest BCUT2D eigenvalue weighted by molar-refractivity contribution is 0.756. The van der Waals surface area contributed by atoms with Crippen molar-refractivity contribution in [3.05, 3.63) is 245 Å². The van der Waals surface area contributed by atoms with E-state index in [1.165, 1.54) is 44.2 Å². The van der Waals surface area contributed by atoms with Crippen LogP contribution in [0.1, 0.15) is 45.1 Å². The van der Waals surface area contributed by atoms with E-state index < -0.39 is 5.41 Å². The molecular formula is C52H36N4. The van der Waals surface area contributed by atoms with Gasteiger partial charge in [-0.2, -0.15) is 0 Å². The van der Waals surface area contributed by atoms with Gasteiger partial charge in [0.2, 0.25) is 0 Å². The van der Waals surface area contributed by atoms with Crippen LogP contribution in [0.4, 0.5) is 0 Å². The number of amidine groups is 2. The molecule has 9 aromatic rings. The highest BCUT2D eigenvalue weighted by Crippen LogP contribution is 2.56. The van der Waals surface area contributed by atoms with Gasteiger partial charge >= 0.3 is 0 Å². The first-order valence-electron chi connectivity index (χ1n) is 19.2. The number of benzene rings is 8. The molecule has 0 saturated carbocycles. The number of aliphatic imine (C=N–C) groups is 2. The maximum atomic E-state index is 5.21. The molecule has 264 valence electrons. The lowest BCUT2D eigenvalue weighted by Crippen LogP contribution is -2.36. The SMILES string of the molecule is c1ccc(C2=NC(c3ccccc3)N=C(c3cccc(-n4c5ccccc5c5ccc(C6(c7ccccc7)c7ccccc7-c7ccccc76)cc54)c3)N2)cc1. The lowest BCUT2D eigenvalue weighted by atomic mass is 9.67. The third kappa shape index (κ3) is 4.93. The van der Waals surface area contributed by atoms with Crippen LogP contribution < -0.4 is 5.32 Å². The van der Waals surface area contributed by atoms with Gasteiger partial charge in [0.1, 0.15) is 11.7 Å². The number of nitrogens with zero attached hydrogens (tertiary/aromatic N) is 3. The number of rotatable bonds is 6. The molecule has 2 heterocycles. The molecule has 4 nitrogen and oxygen atoms in total. The van der Waals surface area contributed by atoms with Crippen LogP contribution in [0.2, 0.25) is 0 Å². The number of hydrogen-bond donors (Lipinski definition) is 1. The minimum atomic E-state index is -0.494. The molecule has 0 radical (unpaired) electrons. The van der Waals surface area contributed by atoms with Crippen molar-refractivity contribution in [3.8, 4) is 16.8 Å². The van der Waals surface area contributed by atoms with E-state index in [1.54, 1.807) is 0 Å². The smallest absolute Gasteiger partial charge is 0.169 e. The molecule has 1 aliphatic carbocycles. The van der Waals surface area contributed by atoms with Gasteiger partial charge in [0.15, 0.2) is 6.17 Å². The van der Waals surface area contributed by atoms with Crippen molar-refractivity contribution >= 4 is 33.5 Å². The highest BCUT2D eigenvalue weighted by atomic mass is 15.2. The molecule has 0 bridgehead atoms. The van der Waals surface area contributed by atoms with E-state index in [0.29, 0.717) is 0 Å². The molecule has 2 aliphatic rings. The predicted molar refractivity (Wildman–Crippen MR) is 230 cm³/mol. The standard InChI is InChI=1S/C52H36N4/c1-4-17-35(18-5-1)49-53-50(36-19-6-2-7-20-36)55-51(54-49)37-21-16-24-40(33-37)56-47-30-15-12-27-43(47)44-32-31-39(34-48(44)56)52(38-22-8-3-9-23-38)45-28-13-10-25-41(45)42-26-11-14-29-46(42)52/h1-34,49H,(H,53,54,55). The largest absolute Gasteiger partial charge is 0.324 e. The minimum Gasteiger partial charge on any atom is -0.324 e. The molecule has 11 rings (SSSR count). The Balaban J connectivity index is 1.12. The Labute approximate surface area is 325 Å². The van der Waals surface area contributed by atoms with Gasteiger partial charge in [0.05, 0.1) is 16.4 Å². The highest BCUT2D eigenvalue weighted by Gasteiger charge is 2.46. The molecule has 4 heteroatoms. The fourth-order valence-electron chi connectivity index (χ4n) is 9.10. The fraction of sp³-hybridized carbons (Fsp3) is 0.0385. The Morgan fingerprint density at radius 1 is 0.429 bits per heavy atom. The van der Waals surface area contributed by atoms with E-state index in [0.717, 1.165) is 45.1 Å². The van der Waals surface area contributed by atoms with E-state index >= 15 is 0 Å². The molecule has 8 aromatic carbocycles. The summed E-state index contributed by atoms with van der Waals surface area (Å²) in [6, 6.07) is 74.1. The summed E-state index contributed by atoms with van der Waals surface area (Å²) in [6.07, 6.45) is -0.367. The zero-order chi connectivity index (χ0) is 37.1. The summed E-state index contributed by atoms with van der Waals surface area (Å²) in [5.41, 5.74) is 13.6. The quantitative estimate of drug-likeness (QED) is 0.183. The molecule has 56 heavy (non-hydrogen) atoms. The second kappa shape index (κ2) is 12.9. The number of para-hydroxylation sites is 1. The maximum absolute atomic E-state index is 5.21. The summed E-state index contributed by atoms with van der Waals surface area (Å²) in [7, 11) is 0. The third-order valence-corrected chi connectivity index (χ3v) is 11.5. The van der Waals surface area contributed by atoms with Gasteiger partial charge in [-0.15, -0.1) is 0 Å². The zero-order valence-corrected chi connectivity index (χ0v) is 30.5. The monoisotopic (exact) mass is 716 g/mol. The summed E-state index contributed by atoms with van der Waals surface area (Å²) >= 11 is 0. The summed E-state index contributed by atoms with van der Waals surface area (Å²) in [4.78, 5) is 10.3. The number of hydrogen-bond acceptors (Lipinski definition) is 3. The topological polar surface area (TPSA) is 41.7 Å². The predicted octanol–water partition coefficient (Wildman–Crippen LogP) is 11.6. The summed E-state index contributed by atoms with van der Waals surface area (Å²) < 4.78 is 2.42. The van der Waals surface area contributed by atoms with Crippen LogP contribution in [-0.4, -0.2) is 16.2 Å². The summed E-state index contributed by atoms with van der Waals surface area (Å²) in [5.74, 6) is 1.60. The van der Waals surface area contributed by atoms with Gasteiger partial charge in [0, 0.05) is 27.6 Å². The van der Waals surface area contributed by atoms with Crippen LogP contribution in [0, 0.1) is 0 Å². The Morgan fingerprint density at radius 3 is 1.73 bits per heavy atom. The van der Waals surface area contributed by atoms with Crippen molar-refractivity contribution in [3.63, 3.8) is 0 Å². The Hall–Kier alpha value is -7.30. The molecule has 0 amide bonds. The average molecular weight is 717 g/mol. The van der Waals surface area contributed by atoms with Crippen molar-refractivity contribution in [2.45, 2.75) is 11.6 Å². The van der Waals surface area contributed by atoms with E-state index in [4.69, 9.17) is 9.98 Å². The third-order valence-electron chi connectivity index (χ3n) is 11.5. The molecule has 1 atom stereocenters. The van der Waals surface area contributed by atoms with E-state index in [2.05, 4.69) is 180 Å². The Morgan fingerprint density at radius 2 is 1.00 bits per heavy atom. The van der Waals surface area contributed by atoms with Crippen LogP contribution in [0.15, 0.2) is 216 Å². The second-order valence-corrected chi connectivity index (χ2v) is 14.6. The van der Waals surface area contributed by atoms with Gasteiger partial charge < -0.3 is 9.88 Å². The molecular weight excluding hydrogens is 681 g/mol. The zero-order valence-electron chi connectivity index (χ0n) is 30.5. The van der Waals surface area contributed by atoms with Crippen molar-refractivity contribution in [1.82, 2.24) is 9.88 Å². The van der Waals surface area contributed by atoms with Gasteiger partial charge in [-0.05, 0) is 63.2 Å². The molecule has 0 saturated heterocycles. The summed E-state index contributed by atoms with van der Waals surface area (Å²) in [6.45, 7) is 0. The van der Waals surface area contributed by atoms with Crippen molar-refractivity contribution in [1.29, 1.82) is 0 Å². The van der Waals surface area contributed by atoms with E-state index in [9.17, 15) is 0 Å². The van der Waals surface area contributed by atoms with Crippen LogP contribution in [-0.2, 0) is 5.41 Å². The first-order valence-corrected chi connectivity index (χ1v) is 19.2. The minimum absolute atomic E-state index is 0.367. The van der Waals surface area contributed by atoms with Crippen molar-refractivity contribution < 1.29 is 0 Å². The molecule has 0 spiro atoms. The fourth-order valence-corrected chi connectivity index (χ4v) is 9.10. The number of nitrogens with one attached hydrogen (secondary N) is 1. The molecule has 1 aromatic heterocycles. The van der Waals surface area contributed by atoms with Crippen molar-refractivity contribution in [2.24, 2.45) is 9.98 Å². The average Bonchev–Trinajstić information content (AvgIpc) is 3.78. The molecule has 0 fully saturated rings. The summed E-state index contributed by atoms with van der Waals surface area (Å²) in [5, 5.41) is 6.05. The molecule has 1 aliphatic heterocycles. The highest BCUT2D eigenvalue weighted by molar-refractivity contribution is 6.16. The first-order chi connectivity index (χ1) is 27.8. The van der Waals surface area contributed by atoms with Gasteiger partial charge in [-0.3, -0.25) is 0 Å². The lowest BCUT2D eigenvalue weighted by Gasteiger charge is -2.34. The van der Waals surface area contributed by atoms with Crippen LogP contribution in [0.3, 0.4) is 0 Å². The molecule has 1 unspecified atom stereocenters. The Kier molecular flexibility index (Phi) is 7.42. The van der Waals surface area contributed by atoms with E-state index in [1.807, 2.05) is 36.4 Å². The van der Waals surface area contributed by atoms with Gasteiger partial charge in [0.25, 0.3) is 0 Å².